The van der Waals surface area contributed by atoms with E-state index < -0.39 is 0 Å². The Morgan fingerprint density at radius 2 is 2.22 bits per heavy atom. The summed E-state index contributed by atoms with van der Waals surface area (Å²) in [4.78, 5) is 18.0. The number of carbonyl (C=O) groups excluding carboxylic acids is 1. The average Bonchev–Trinajstić information content (AvgIpc) is 2.36. The van der Waals surface area contributed by atoms with E-state index in [0.29, 0.717) is 6.54 Å². The minimum absolute atomic E-state index is 0.0881. The molecule has 0 spiro atoms. The molecule has 1 aromatic rings. The summed E-state index contributed by atoms with van der Waals surface area (Å²) >= 11 is 0. The summed E-state index contributed by atoms with van der Waals surface area (Å²) in [6.45, 7) is 4.63. The summed E-state index contributed by atoms with van der Waals surface area (Å²) in [7, 11) is 3.90. The van der Waals surface area contributed by atoms with Gasteiger partial charge in [0.15, 0.2) is 0 Å². The molecule has 0 bridgehead atoms. The van der Waals surface area contributed by atoms with Crippen LogP contribution in [0.25, 0.3) is 0 Å². The van der Waals surface area contributed by atoms with Crippen LogP contribution in [-0.4, -0.2) is 25.0 Å². The van der Waals surface area contributed by atoms with Crippen molar-refractivity contribution in [2.45, 2.75) is 33.2 Å². The second-order valence-electron chi connectivity index (χ2n) is 4.82. The molecule has 1 heterocycles. The molecule has 0 saturated carbocycles. The van der Waals surface area contributed by atoms with E-state index in [1.54, 1.807) is 6.20 Å². The quantitative estimate of drug-likeness (QED) is 0.840. The molecule has 0 unspecified atom stereocenters. The molecule has 0 aliphatic heterocycles. The summed E-state index contributed by atoms with van der Waals surface area (Å²) < 4.78 is 0. The van der Waals surface area contributed by atoms with Crippen molar-refractivity contribution >= 4 is 11.7 Å². The first kappa shape index (κ1) is 14.5. The number of nitrogens with one attached hydrogen (secondary N) is 1. The van der Waals surface area contributed by atoms with E-state index in [1.165, 1.54) is 0 Å². The zero-order chi connectivity index (χ0) is 13.5. The third-order valence-corrected chi connectivity index (χ3v) is 2.90. The highest BCUT2D eigenvalue weighted by Crippen LogP contribution is 2.10. The molecule has 1 aromatic heterocycles. The third-order valence-electron chi connectivity index (χ3n) is 2.90. The molecule has 0 fully saturated rings. The molecule has 1 N–H and O–H groups in total. The van der Waals surface area contributed by atoms with Crippen LogP contribution in [0.3, 0.4) is 0 Å². The first-order valence-corrected chi connectivity index (χ1v) is 6.44. The topological polar surface area (TPSA) is 45.2 Å². The van der Waals surface area contributed by atoms with Crippen LogP contribution < -0.4 is 10.2 Å². The van der Waals surface area contributed by atoms with Gasteiger partial charge < -0.3 is 10.2 Å². The van der Waals surface area contributed by atoms with Crippen LogP contribution in [0.15, 0.2) is 18.3 Å². The van der Waals surface area contributed by atoms with Crippen molar-refractivity contribution < 1.29 is 4.79 Å². The molecule has 0 aliphatic rings. The number of pyridine rings is 1. The maximum Gasteiger partial charge on any atom is 0.223 e. The van der Waals surface area contributed by atoms with Gasteiger partial charge in [-0.25, -0.2) is 4.98 Å². The largest absolute Gasteiger partial charge is 0.363 e. The van der Waals surface area contributed by atoms with Gasteiger partial charge in [-0.1, -0.05) is 20.3 Å². The van der Waals surface area contributed by atoms with Gasteiger partial charge in [0.2, 0.25) is 5.91 Å². The van der Waals surface area contributed by atoms with E-state index in [9.17, 15) is 4.79 Å². The van der Waals surface area contributed by atoms with Crippen molar-refractivity contribution in [3.05, 3.63) is 23.9 Å². The van der Waals surface area contributed by atoms with Crippen molar-refractivity contribution in [2.75, 3.05) is 19.0 Å². The first-order valence-electron chi connectivity index (χ1n) is 6.44. The van der Waals surface area contributed by atoms with E-state index in [4.69, 9.17) is 0 Å². The fourth-order valence-electron chi connectivity index (χ4n) is 1.74. The number of carbonyl (C=O) groups is 1. The Morgan fingerprint density at radius 3 is 2.83 bits per heavy atom. The van der Waals surface area contributed by atoms with Gasteiger partial charge in [0.25, 0.3) is 0 Å². The lowest BCUT2D eigenvalue weighted by Crippen LogP contribution is -2.28. The number of nitrogens with zero attached hydrogens (tertiary/aromatic N) is 2. The van der Waals surface area contributed by atoms with Crippen LogP contribution in [0.2, 0.25) is 0 Å². The Morgan fingerprint density at radius 1 is 1.50 bits per heavy atom. The smallest absolute Gasteiger partial charge is 0.223 e. The molecule has 0 saturated heterocycles. The van der Waals surface area contributed by atoms with Gasteiger partial charge >= 0.3 is 0 Å². The molecule has 0 aromatic carbocycles. The predicted molar refractivity (Wildman–Crippen MR) is 74.5 cm³/mol. The highest BCUT2D eigenvalue weighted by molar-refractivity contribution is 5.78. The van der Waals surface area contributed by atoms with Crippen LogP contribution in [0, 0.1) is 5.92 Å². The van der Waals surface area contributed by atoms with E-state index in [0.717, 1.165) is 24.2 Å². The Hall–Kier alpha value is -1.58. The molecule has 4 nitrogen and oxygen atoms in total. The molecule has 18 heavy (non-hydrogen) atoms. The van der Waals surface area contributed by atoms with Crippen molar-refractivity contribution in [3.63, 3.8) is 0 Å². The molecule has 100 valence electrons. The van der Waals surface area contributed by atoms with Gasteiger partial charge in [0.05, 0.1) is 0 Å². The summed E-state index contributed by atoms with van der Waals surface area (Å²) in [6, 6.07) is 3.92. The van der Waals surface area contributed by atoms with Crippen LogP contribution in [0.4, 0.5) is 5.82 Å². The average molecular weight is 249 g/mol. The number of rotatable bonds is 6. The second-order valence-corrected chi connectivity index (χ2v) is 4.82. The Bertz CT molecular complexity index is 390. The maximum absolute atomic E-state index is 11.8. The molecule has 1 atom stereocenters. The second kappa shape index (κ2) is 6.99. The minimum atomic E-state index is 0.0881. The van der Waals surface area contributed by atoms with Crippen molar-refractivity contribution in [3.8, 4) is 0 Å². The molecule has 1 rings (SSSR count). The molecular formula is C14H23N3O. The monoisotopic (exact) mass is 249 g/mol. The Labute approximate surface area is 109 Å². The third kappa shape index (κ3) is 4.35. The van der Waals surface area contributed by atoms with Gasteiger partial charge in [-0.2, -0.15) is 0 Å². The number of amides is 1. The number of aromatic nitrogens is 1. The van der Waals surface area contributed by atoms with Gasteiger partial charge in [-0.15, -0.1) is 0 Å². The summed E-state index contributed by atoms with van der Waals surface area (Å²) in [5, 5.41) is 2.96. The van der Waals surface area contributed by atoms with Gasteiger partial charge in [-0.05, 0) is 24.1 Å². The first-order chi connectivity index (χ1) is 8.54. The fourth-order valence-corrected chi connectivity index (χ4v) is 1.74. The van der Waals surface area contributed by atoms with Gasteiger partial charge in [0, 0.05) is 32.8 Å². The van der Waals surface area contributed by atoms with Crippen molar-refractivity contribution in [1.82, 2.24) is 10.3 Å². The van der Waals surface area contributed by atoms with Crippen molar-refractivity contribution in [2.24, 2.45) is 5.92 Å². The van der Waals surface area contributed by atoms with Gasteiger partial charge in [-0.3, -0.25) is 4.79 Å². The summed E-state index contributed by atoms with van der Waals surface area (Å²) in [6.07, 6.45) is 3.74. The fraction of sp³-hybridized carbons (Fsp3) is 0.571. The zero-order valence-corrected chi connectivity index (χ0v) is 11.7. The SMILES string of the molecule is CCC[C@H](C)C(=O)NCc1ccnc(N(C)C)c1. The van der Waals surface area contributed by atoms with E-state index in [2.05, 4.69) is 17.2 Å². The Kier molecular flexibility index (Phi) is 5.62. The molecule has 1 amide bonds. The lowest BCUT2D eigenvalue weighted by molar-refractivity contribution is -0.124. The summed E-state index contributed by atoms with van der Waals surface area (Å²) in [5.41, 5.74) is 1.07. The molecule has 0 radical (unpaired) electrons. The lowest BCUT2D eigenvalue weighted by atomic mass is 10.1. The highest BCUT2D eigenvalue weighted by Gasteiger charge is 2.11. The van der Waals surface area contributed by atoms with Crippen LogP contribution in [-0.2, 0) is 11.3 Å². The Balaban J connectivity index is 2.53. The van der Waals surface area contributed by atoms with E-state index in [-0.39, 0.29) is 11.8 Å². The van der Waals surface area contributed by atoms with Crippen molar-refractivity contribution in [1.29, 1.82) is 0 Å². The van der Waals surface area contributed by atoms with E-state index >= 15 is 0 Å². The van der Waals surface area contributed by atoms with Crippen LogP contribution >= 0.6 is 0 Å². The standard InChI is InChI=1S/C14H23N3O/c1-5-6-11(2)14(18)16-10-12-7-8-15-13(9-12)17(3)4/h7-9,11H,5-6,10H2,1-4H3,(H,16,18)/t11-/m0/s1. The van der Waals surface area contributed by atoms with Crippen LogP contribution in [0.1, 0.15) is 32.3 Å². The number of hydrogen-bond donors (Lipinski definition) is 1. The number of anilines is 1. The maximum atomic E-state index is 11.8. The normalized spacial score (nSPS) is 12.0. The van der Waals surface area contributed by atoms with Crippen LogP contribution in [0.5, 0.6) is 0 Å². The zero-order valence-electron chi connectivity index (χ0n) is 11.7. The highest BCUT2D eigenvalue weighted by atomic mass is 16.1. The minimum Gasteiger partial charge on any atom is -0.363 e. The summed E-state index contributed by atoms with van der Waals surface area (Å²) in [5.74, 6) is 1.12. The predicted octanol–water partition coefficient (Wildman–Crippen LogP) is 2.20. The number of hydrogen-bond acceptors (Lipinski definition) is 3. The van der Waals surface area contributed by atoms with E-state index in [1.807, 2.05) is 38.1 Å². The molecule has 0 aliphatic carbocycles. The van der Waals surface area contributed by atoms with Gasteiger partial charge in [0.1, 0.15) is 5.82 Å². The molecule has 4 heteroatoms. The lowest BCUT2D eigenvalue weighted by Gasteiger charge is -2.14. The molecular weight excluding hydrogens is 226 g/mol.